The number of cyclic esters (lactones) is 1. The first kappa shape index (κ1) is 11.6. The van der Waals surface area contributed by atoms with E-state index in [0.29, 0.717) is 11.3 Å². The van der Waals surface area contributed by atoms with E-state index in [2.05, 4.69) is 9.72 Å². The Morgan fingerprint density at radius 2 is 2.18 bits per heavy atom. The summed E-state index contributed by atoms with van der Waals surface area (Å²) in [7, 11) is 1.29. The highest BCUT2D eigenvalue weighted by Crippen LogP contribution is 2.30. The summed E-state index contributed by atoms with van der Waals surface area (Å²) in [6.45, 7) is 4.08. The summed E-state index contributed by atoms with van der Waals surface area (Å²) in [5, 5.41) is 0. The van der Waals surface area contributed by atoms with Gasteiger partial charge in [-0.05, 0) is 12.1 Å². The fourth-order valence-electron chi connectivity index (χ4n) is 1.75. The molecule has 0 saturated carbocycles. The van der Waals surface area contributed by atoms with Crippen molar-refractivity contribution in [1.29, 1.82) is 0 Å². The van der Waals surface area contributed by atoms with Gasteiger partial charge in [0.15, 0.2) is 0 Å². The van der Waals surface area contributed by atoms with E-state index in [1.807, 2.05) is 13.8 Å². The highest BCUT2D eigenvalue weighted by Gasteiger charge is 2.35. The van der Waals surface area contributed by atoms with Crippen molar-refractivity contribution >= 4 is 11.9 Å². The molecule has 0 amide bonds. The minimum Gasteiger partial charge on any atom is -0.464 e. The topological polar surface area (TPSA) is 65.5 Å². The van der Waals surface area contributed by atoms with E-state index in [1.54, 1.807) is 6.07 Å². The molecule has 0 radical (unpaired) electrons. The maximum Gasteiger partial charge on any atom is 0.356 e. The maximum atomic E-state index is 11.5. The number of esters is 2. The summed E-state index contributed by atoms with van der Waals surface area (Å²) >= 11 is 0. The number of carbonyl (C=O) groups is 2. The molecule has 2 heterocycles. The van der Waals surface area contributed by atoms with E-state index >= 15 is 0 Å². The van der Waals surface area contributed by atoms with E-state index in [0.717, 1.165) is 0 Å². The Kier molecular flexibility index (Phi) is 2.61. The molecule has 0 aliphatic carbocycles. The summed E-state index contributed by atoms with van der Waals surface area (Å²) in [5.74, 6) is -0.911. The van der Waals surface area contributed by atoms with Gasteiger partial charge in [0.05, 0.1) is 18.4 Å². The molecule has 0 unspecified atom stereocenters. The zero-order valence-electron chi connectivity index (χ0n) is 9.94. The van der Waals surface area contributed by atoms with Crippen molar-refractivity contribution in [2.45, 2.75) is 19.3 Å². The number of pyridine rings is 1. The summed E-state index contributed by atoms with van der Waals surface area (Å²) in [6, 6.07) is 3.02. The number of carbonyl (C=O) groups excluding carboxylic acids is 2. The van der Waals surface area contributed by atoms with Crippen molar-refractivity contribution in [3.05, 3.63) is 29.1 Å². The average molecular weight is 235 g/mol. The van der Waals surface area contributed by atoms with Gasteiger partial charge in [0.1, 0.15) is 12.3 Å². The Balaban J connectivity index is 2.56. The quantitative estimate of drug-likeness (QED) is 0.687. The second-order valence-corrected chi connectivity index (χ2v) is 4.54. The number of hydrogen-bond donors (Lipinski definition) is 0. The Morgan fingerprint density at radius 3 is 2.82 bits per heavy atom. The fraction of sp³-hybridized carbons (Fsp3) is 0.417. The van der Waals surface area contributed by atoms with Gasteiger partial charge < -0.3 is 9.47 Å². The summed E-state index contributed by atoms with van der Waals surface area (Å²) in [4.78, 5) is 27.1. The second kappa shape index (κ2) is 3.84. The Morgan fingerprint density at radius 1 is 1.47 bits per heavy atom. The van der Waals surface area contributed by atoms with Crippen LogP contribution >= 0.6 is 0 Å². The van der Waals surface area contributed by atoms with E-state index < -0.39 is 17.4 Å². The first-order chi connectivity index (χ1) is 7.95. The van der Waals surface area contributed by atoms with Gasteiger partial charge in [-0.2, -0.15) is 0 Å². The van der Waals surface area contributed by atoms with Crippen molar-refractivity contribution in [3.8, 4) is 0 Å². The average Bonchev–Trinajstić information content (AvgIpc) is 2.33. The Hall–Kier alpha value is -1.91. The van der Waals surface area contributed by atoms with Crippen molar-refractivity contribution in [3.63, 3.8) is 0 Å². The van der Waals surface area contributed by atoms with Crippen LogP contribution in [0.5, 0.6) is 0 Å². The molecule has 2 rings (SSSR count). The number of rotatable bonds is 1. The standard InChI is InChI=1S/C12H13NO4/c1-12(2)6-17-10(14)7-4-5-8(11(15)16-3)13-9(7)12/h4-5H,6H2,1-3H3. The van der Waals surface area contributed by atoms with Crippen LogP contribution in [-0.2, 0) is 14.9 Å². The third kappa shape index (κ3) is 1.88. The molecule has 0 aromatic carbocycles. The highest BCUT2D eigenvalue weighted by atomic mass is 16.5. The maximum absolute atomic E-state index is 11.5. The molecule has 0 atom stereocenters. The molecule has 1 aromatic heterocycles. The van der Waals surface area contributed by atoms with Gasteiger partial charge in [-0.3, -0.25) is 0 Å². The molecule has 0 bridgehead atoms. The van der Waals surface area contributed by atoms with Crippen LogP contribution in [0.2, 0.25) is 0 Å². The number of nitrogens with zero attached hydrogens (tertiary/aromatic N) is 1. The Labute approximate surface area is 98.7 Å². The lowest BCUT2D eigenvalue weighted by atomic mass is 9.85. The third-order valence-corrected chi connectivity index (χ3v) is 2.71. The predicted molar refractivity (Wildman–Crippen MR) is 58.9 cm³/mol. The van der Waals surface area contributed by atoms with Gasteiger partial charge in [0.2, 0.25) is 0 Å². The molecule has 0 saturated heterocycles. The van der Waals surface area contributed by atoms with Crippen LogP contribution in [0, 0.1) is 0 Å². The van der Waals surface area contributed by atoms with Crippen molar-refractivity contribution in [2.24, 2.45) is 0 Å². The van der Waals surface area contributed by atoms with Crippen molar-refractivity contribution in [1.82, 2.24) is 4.98 Å². The lowest BCUT2D eigenvalue weighted by Gasteiger charge is -2.30. The van der Waals surface area contributed by atoms with Crippen LogP contribution in [0.25, 0.3) is 0 Å². The zero-order valence-corrected chi connectivity index (χ0v) is 9.94. The first-order valence-electron chi connectivity index (χ1n) is 5.22. The molecule has 1 aromatic rings. The van der Waals surface area contributed by atoms with Crippen LogP contribution in [0.4, 0.5) is 0 Å². The van der Waals surface area contributed by atoms with Gasteiger partial charge in [0, 0.05) is 5.41 Å². The Bertz CT molecular complexity index is 493. The van der Waals surface area contributed by atoms with Gasteiger partial charge >= 0.3 is 11.9 Å². The van der Waals surface area contributed by atoms with Crippen molar-refractivity contribution in [2.75, 3.05) is 13.7 Å². The molecule has 0 fully saturated rings. The van der Waals surface area contributed by atoms with E-state index in [1.165, 1.54) is 13.2 Å². The third-order valence-electron chi connectivity index (χ3n) is 2.71. The monoisotopic (exact) mass is 235 g/mol. The molecular weight excluding hydrogens is 222 g/mol. The summed E-state index contributed by atoms with van der Waals surface area (Å²) < 4.78 is 9.66. The van der Waals surface area contributed by atoms with E-state index in [9.17, 15) is 9.59 Å². The summed E-state index contributed by atoms with van der Waals surface area (Å²) in [5.41, 5.74) is 0.798. The van der Waals surface area contributed by atoms with Crippen LogP contribution < -0.4 is 0 Å². The van der Waals surface area contributed by atoms with Crippen LogP contribution in [0.3, 0.4) is 0 Å². The normalized spacial score (nSPS) is 17.0. The van der Waals surface area contributed by atoms with Gasteiger partial charge in [0.25, 0.3) is 0 Å². The van der Waals surface area contributed by atoms with Crippen LogP contribution in [-0.4, -0.2) is 30.6 Å². The van der Waals surface area contributed by atoms with Gasteiger partial charge in [-0.15, -0.1) is 0 Å². The first-order valence-corrected chi connectivity index (χ1v) is 5.22. The van der Waals surface area contributed by atoms with E-state index in [4.69, 9.17) is 4.74 Å². The van der Waals surface area contributed by atoms with Crippen LogP contribution in [0.1, 0.15) is 40.4 Å². The fourth-order valence-corrected chi connectivity index (χ4v) is 1.75. The highest BCUT2D eigenvalue weighted by molar-refractivity contribution is 5.94. The SMILES string of the molecule is COC(=O)c1ccc2c(n1)C(C)(C)COC2=O. The van der Waals surface area contributed by atoms with E-state index in [-0.39, 0.29) is 12.3 Å². The second-order valence-electron chi connectivity index (χ2n) is 4.54. The van der Waals surface area contributed by atoms with Gasteiger partial charge in [-0.1, -0.05) is 13.8 Å². The lowest BCUT2D eigenvalue weighted by molar-refractivity contribution is 0.0363. The molecule has 17 heavy (non-hydrogen) atoms. The molecular formula is C12H13NO4. The molecule has 5 heteroatoms. The molecule has 0 spiro atoms. The largest absolute Gasteiger partial charge is 0.464 e. The van der Waals surface area contributed by atoms with Crippen molar-refractivity contribution < 1.29 is 19.1 Å². The van der Waals surface area contributed by atoms with Crippen LogP contribution in [0.15, 0.2) is 12.1 Å². The minimum atomic E-state index is -0.512. The zero-order chi connectivity index (χ0) is 12.6. The summed E-state index contributed by atoms with van der Waals surface area (Å²) in [6.07, 6.45) is 0. The minimum absolute atomic E-state index is 0.203. The molecule has 90 valence electrons. The molecule has 5 nitrogen and oxygen atoms in total. The predicted octanol–water partition coefficient (Wildman–Crippen LogP) is 1.32. The smallest absolute Gasteiger partial charge is 0.356 e. The molecule has 1 aliphatic heterocycles. The number of aromatic nitrogens is 1. The number of methoxy groups -OCH3 is 1. The number of fused-ring (bicyclic) bond motifs is 1. The lowest BCUT2D eigenvalue weighted by Crippen LogP contribution is -2.35. The number of ether oxygens (including phenoxy) is 2. The number of hydrogen-bond acceptors (Lipinski definition) is 5. The molecule has 0 N–H and O–H groups in total. The molecule has 1 aliphatic rings. The van der Waals surface area contributed by atoms with Gasteiger partial charge in [-0.25, -0.2) is 14.6 Å².